The Labute approximate surface area is 262 Å². The maximum Gasteiger partial charge on any atom is 0.416 e. The van der Waals surface area contributed by atoms with E-state index in [2.05, 4.69) is 0 Å². The van der Waals surface area contributed by atoms with Gasteiger partial charge in [-0.2, -0.15) is 13.2 Å². The molecule has 0 unspecified atom stereocenters. The van der Waals surface area contributed by atoms with Crippen LogP contribution in [0.3, 0.4) is 0 Å². The first-order valence-electron chi connectivity index (χ1n) is 14.4. The molecule has 0 atom stereocenters. The predicted octanol–water partition coefficient (Wildman–Crippen LogP) is 8.98. The van der Waals surface area contributed by atoms with Gasteiger partial charge in [0.15, 0.2) is 0 Å². The van der Waals surface area contributed by atoms with Crippen LogP contribution in [0, 0.1) is 0 Å². The summed E-state index contributed by atoms with van der Waals surface area (Å²) in [5.41, 5.74) is 1.43. The number of carbonyl (C=O) groups is 2. The van der Waals surface area contributed by atoms with Gasteiger partial charge in [-0.25, -0.2) is 0 Å². The predicted molar refractivity (Wildman–Crippen MR) is 170 cm³/mol. The molecule has 6 aromatic rings. The van der Waals surface area contributed by atoms with Crippen LogP contribution >= 0.6 is 0 Å². The Morgan fingerprint density at radius 1 is 0.565 bits per heavy atom. The molecule has 0 saturated heterocycles. The molecule has 0 aliphatic heterocycles. The monoisotopic (exact) mass is 620 g/mol. The number of halogens is 3. The second-order valence-corrected chi connectivity index (χ2v) is 10.7. The fourth-order valence-electron chi connectivity index (χ4n) is 5.39. The van der Waals surface area contributed by atoms with E-state index in [1.807, 2.05) is 60.7 Å². The van der Waals surface area contributed by atoms with Crippen molar-refractivity contribution in [2.24, 2.45) is 0 Å². The van der Waals surface area contributed by atoms with E-state index in [0.29, 0.717) is 22.4 Å². The summed E-state index contributed by atoms with van der Waals surface area (Å²) in [5, 5.41) is 3.27. The number of hydrogen-bond acceptors (Lipinski definition) is 5. The Balaban J connectivity index is 1.40. The first kappa shape index (κ1) is 30.4. The van der Waals surface area contributed by atoms with Crippen LogP contribution in [0.5, 0.6) is 17.2 Å². The normalized spacial score (nSPS) is 11.4. The molecule has 0 radical (unpaired) electrons. The summed E-state index contributed by atoms with van der Waals surface area (Å²) in [4.78, 5) is 26.5. The number of ether oxygens (including phenoxy) is 3. The Hall–Kier alpha value is -5.63. The Morgan fingerprint density at radius 3 is 1.43 bits per heavy atom. The lowest BCUT2D eigenvalue weighted by Crippen LogP contribution is -2.14. The van der Waals surface area contributed by atoms with Gasteiger partial charge in [0.1, 0.15) is 17.2 Å². The highest BCUT2D eigenvalue weighted by molar-refractivity contribution is 6.10. The van der Waals surface area contributed by atoms with Crippen LogP contribution < -0.4 is 14.2 Å². The molecule has 8 heteroatoms. The average molecular weight is 621 g/mol. The zero-order chi connectivity index (χ0) is 32.3. The minimum Gasteiger partial charge on any atom is -0.497 e. The molecule has 46 heavy (non-hydrogen) atoms. The van der Waals surface area contributed by atoms with Crippen LogP contribution in [0.2, 0.25) is 0 Å². The smallest absolute Gasteiger partial charge is 0.416 e. The van der Waals surface area contributed by atoms with E-state index < -0.39 is 23.7 Å². The van der Waals surface area contributed by atoms with Crippen LogP contribution in [0.4, 0.5) is 13.2 Å². The molecular weight excluding hydrogens is 593 g/mol. The van der Waals surface area contributed by atoms with E-state index in [4.69, 9.17) is 14.2 Å². The molecule has 0 aliphatic carbocycles. The number of alkyl halides is 3. The van der Waals surface area contributed by atoms with Crippen LogP contribution in [0.15, 0.2) is 121 Å². The summed E-state index contributed by atoms with van der Waals surface area (Å²) in [5.74, 6) is 0.0377. The van der Waals surface area contributed by atoms with Crippen molar-refractivity contribution in [2.75, 3.05) is 7.11 Å². The molecule has 0 aliphatic rings. The number of benzene rings is 6. The summed E-state index contributed by atoms with van der Waals surface area (Å²) < 4.78 is 56.2. The molecule has 5 nitrogen and oxygen atoms in total. The minimum atomic E-state index is -4.48. The van der Waals surface area contributed by atoms with Crippen molar-refractivity contribution in [2.45, 2.75) is 19.0 Å². The van der Waals surface area contributed by atoms with Crippen molar-refractivity contribution in [3.63, 3.8) is 0 Å². The topological polar surface area (TPSA) is 61.8 Å². The van der Waals surface area contributed by atoms with Crippen LogP contribution in [0.1, 0.15) is 16.7 Å². The second kappa shape index (κ2) is 12.8. The first-order valence-corrected chi connectivity index (χ1v) is 14.4. The van der Waals surface area contributed by atoms with Crippen molar-refractivity contribution in [3.8, 4) is 28.4 Å². The molecule has 6 aromatic carbocycles. The number of methoxy groups -OCH3 is 1. The summed E-state index contributed by atoms with van der Waals surface area (Å²) in [6.45, 7) is 0. The molecule has 0 fully saturated rings. The third-order valence-electron chi connectivity index (χ3n) is 7.62. The van der Waals surface area contributed by atoms with Gasteiger partial charge in [-0.3, -0.25) is 9.59 Å². The summed E-state index contributed by atoms with van der Waals surface area (Å²) in [6, 6.07) is 33.8. The number of fused-ring (bicyclic) bond motifs is 2. The molecule has 0 bridgehead atoms. The van der Waals surface area contributed by atoms with E-state index in [1.165, 1.54) is 12.1 Å². The van der Waals surface area contributed by atoms with Gasteiger partial charge in [-0.05, 0) is 69.1 Å². The van der Waals surface area contributed by atoms with Crippen molar-refractivity contribution in [3.05, 3.63) is 138 Å². The van der Waals surface area contributed by atoms with Gasteiger partial charge in [-0.1, -0.05) is 84.9 Å². The Kier molecular flexibility index (Phi) is 8.44. The average Bonchev–Trinajstić information content (AvgIpc) is 3.05. The van der Waals surface area contributed by atoms with Crippen molar-refractivity contribution in [1.29, 1.82) is 0 Å². The Bertz CT molecular complexity index is 2050. The highest BCUT2D eigenvalue weighted by Crippen LogP contribution is 2.45. The van der Waals surface area contributed by atoms with Gasteiger partial charge in [-0.15, -0.1) is 0 Å². The maximum absolute atomic E-state index is 13.3. The third-order valence-corrected chi connectivity index (χ3v) is 7.62. The van der Waals surface area contributed by atoms with Crippen LogP contribution in [-0.4, -0.2) is 19.0 Å². The van der Waals surface area contributed by atoms with Crippen molar-refractivity contribution < 1.29 is 37.0 Å². The van der Waals surface area contributed by atoms with Gasteiger partial charge >= 0.3 is 18.1 Å². The van der Waals surface area contributed by atoms with E-state index in [0.717, 1.165) is 39.2 Å². The number of rotatable bonds is 8. The van der Waals surface area contributed by atoms with Gasteiger partial charge in [0.05, 0.1) is 25.5 Å². The molecule has 0 saturated carbocycles. The van der Waals surface area contributed by atoms with E-state index in [9.17, 15) is 22.8 Å². The zero-order valence-electron chi connectivity index (χ0n) is 24.6. The Morgan fingerprint density at radius 2 is 1.00 bits per heavy atom. The molecular formula is C38H27F3O5. The van der Waals surface area contributed by atoms with Gasteiger partial charge < -0.3 is 14.2 Å². The number of esters is 2. The first-order chi connectivity index (χ1) is 22.2. The lowest BCUT2D eigenvalue weighted by molar-refractivity contribution is -0.137. The highest BCUT2D eigenvalue weighted by atomic mass is 19.4. The van der Waals surface area contributed by atoms with E-state index in [1.54, 1.807) is 43.5 Å². The van der Waals surface area contributed by atoms with Crippen LogP contribution in [-0.2, 0) is 28.6 Å². The highest BCUT2D eigenvalue weighted by Gasteiger charge is 2.30. The molecule has 0 N–H and O–H groups in total. The van der Waals surface area contributed by atoms with Gasteiger partial charge in [0.25, 0.3) is 0 Å². The third kappa shape index (κ3) is 6.56. The minimum absolute atomic E-state index is 0.0147. The molecule has 0 spiro atoms. The molecule has 6 rings (SSSR count). The molecule has 0 heterocycles. The summed E-state index contributed by atoms with van der Waals surface area (Å²) >= 11 is 0. The van der Waals surface area contributed by atoms with Gasteiger partial charge in [0.2, 0.25) is 0 Å². The van der Waals surface area contributed by atoms with Crippen LogP contribution in [0.25, 0.3) is 32.7 Å². The second-order valence-electron chi connectivity index (χ2n) is 10.7. The standard InChI is InChI=1S/C38H27F3O5/c1-44-29-18-12-25(13-19-29)23-35(43)46-33-21-15-27-7-3-5-9-31(27)37(33)36-30-8-4-2-6-26(30)14-20-32(36)45-34(42)22-24-10-16-28(17-11-24)38(39,40)41/h2-21H,22-23H2,1H3. The largest absolute Gasteiger partial charge is 0.497 e. The maximum atomic E-state index is 13.3. The zero-order valence-corrected chi connectivity index (χ0v) is 24.6. The van der Waals surface area contributed by atoms with E-state index >= 15 is 0 Å². The lowest BCUT2D eigenvalue weighted by atomic mass is 9.92. The molecule has 230 valence electrons. The van der Waals surface area contributed by atoms with Crippen molar-refractivity contribution >= 4 is 33.5 Å². The molecule has 0 aromatic heterocycles. The summed E-state index contributed by atoms with van der Waals surface area (Å²) in [7, 11) is 1.57. The van der Waals surface area contributed by atoms with Crippen molar-refractivity contribution in [1.82, 2.24) is 0 Å². The van der Waals surface area contributed by atoms with Gasteiger partial charge in [0, 0.05) is 11.1 Å². The lowest BCUT2D eigenvalue weighted by Gasteiger charge is -2.19. The van der Waals surface area contributed by atoms with E-state index in [-0.39, 0.29) is 24.3 Å². The quantitative estimate of drug-likeness (QED) is 0.126. The molecule has 0 amide bonds. The fourth-order valence-corrected chi connectivity index (χ4v) is 5.39. The fraction of sp³-hybridized carbons (Fsp3) is 0.105. The number of carbonyl (C=O) groups excluding carboxylic acids is 2. The number of hydrogen-bond donors (Lipinski definition) is 0. The SMILES string of the molecule is COc1ccc(CC(=O)Oc2ccc3ccccc3c2-c2c(OC(=O)Cc3ccc(C(F)(F)F)cc3)ccc3ccccc23)cc1. The summed E-state index contributed by atoms with van der Waals surface area (Å²) in [6.07, 6.45) is -4.71.